The van der Waals surface area contributed by atoms with Crippen molar-refractivity contribution in [3.8, 4) is 0 Å². The van der Waals surface area contributed by atoms with Crippen LogP contribution in [0.15, 0.2) is 46.9 Å². The molecule has 0 spiro atoms. The standard InChI is InChI=1S/C19H24N2O2.ClH/c1-16-7-8-19(23-16)18(22)9-10-20-11-13-21(14-12-20)15-17-5-3-2-4-6-17;/h2-8H,9-15H2,1H3;1H. The van der Waals surface area contributed by atoms with E-state index >= 15 is 0 Å². The Balaban J connectivity index is 0.00000208. The summed E-state index contributed by atoms with van der Waals surface area (Å²) in [6.45, 7) is 7.86. The van der Waals surface area contributed by atoms with Gasteiger partial charge in [-0.25, -0.2) is 0 Å². The molecule has 0 unspecified atom stereocenters. The smallest absolute Gasteiger partial charge is 0.199 e. The molecule has 0 N–H and O–H groups in total. The Bertz CT molecular complexity index is 634. The maximum Gasteiger partial charge on any atom is 0.199 e. The van der Waals surface area contributed by atoms with E-state index in [1.165, 1.54) is 5.56 Å². The summed E-state index contributed by atoms with van der Waals surface area (Å²) in [6.07, 6.45) is 0.533. The fraction of sp³-hybridized carbons (Fsp3) is 0.421. The number of hydrogen-bond donors (Lipinski definition) is 0. The summed E-state index contributed by atoms with van der Waals surface area (Å²) in [5.74, 6) is 1.39. The lowest BCUT2D eigenvalue weighted by molar-refractivity contribution is 0.0897. The fourth-order valence-corrected chi connectivity index (χ4v) is 2.98. The van der Waals surface area contributed by atoms with E-state index in [0.29, 0.717) is 12.2 Å². The monoisotopic (exact) mass is 348 g/mol. The van der Waals surface area contributed by atoms with E-state index in [-0.39, 0.29) is 18.2 Å². The number of halogens is 1. The molecule has 1 aliphatic heterocycles. The zero-order valence-electron chi connectivity index (χ0n) is 14.1. The molecular weight excluding hydrogens is 324 g/mol. The van der Waals surface area contributed by atoms with E-state index in [1.807, 2.05) is 13.0 Å². The summed E-state index contributed by atoms with van der Waals surface area (Å²) < 4.78 is 5.39. The van der Waals surface area contributed by atoms with Crippen molar-refractivity contribution in [3.05, 3.63) is 59.5 Å². The van der Waals surface area contributed by atoms with Crippen LogP contribution in [0.5, 0.6) is 0 Å². The van der Waals surface area contributed by atoms with Crippen LogP contribution in [0.4, 0.5) is 0 Å². The summed E-state index contributed by atoms with van der Waals surface area (Å²) in [5.41, 5.74) is 1.37. The van der Waals surface area contributed by atoms with E-state index in [9.17, 15) is 4.79 Å². The first-order valence-electron chi connectivity index (χ1n) is 8.29. The quantitative estimate of drug-likeness (QED) is 0.750. The van der Waals surface area contributed by atoms with Crippen LogP contribution in [0, 0.1) is 6.92 Å². The maximum atomic E-state index is 12.1. The molecule has 0 atom stereocenters. The van der Waals surface area contributed by atoms with Crippen LogP contribution in [0.1, 0.15) is 28.3 Å². The molecule has 5 heteroatoms. The van der Waals surface area contributed by atoms with Crippen molar-refractivity contribution in [1.29, 1.82) is 0 Å². The number of rotatable bonds is 6. The molecule has 0 aliphatic carbocycles. The number of nitrogens with zero attached hydrogens (tertiary/aromatic N) is 2. The van der Waals surface area contributed by atoms with Crippen molar-refractivity contribution in [3.63, 3.8) is 0 Å². The number of hydrogen-bond acceptors (Lipinski definition) is 4. The molecule has 0 amide bonds. The Morgan fingerprint density at radius 3 is 2.29 bits per heavy atom. The molecule has 1 aromatic carbocycles. The van der Waals surface area contributed by atoms with Crippen LogP contribution in [0.2, 0.25) is 0 Å². The summed E-state index contributed by atoms with van der Waals surface area (Å²) >= 11 is 0. The van der Waals surface area contributed by atoms with E-state index < -0.39 is 0 Å². The van der Waals surface area contributed by atoms with Crippen molar-refractivity contribution in [2.24, 2.45) is 0 Å². The van der Waals surface area contributed by atoms with Gasteiger partial charge in [0.05, 0.1) is 0 Å². The number of benzene rings is 1. The van der Waals surface area contributed by atoms with Crippen molar-refractivity contribution < 1.29 is 9.21 Å². The first kappa shape index (κ1) is 18.7. The number of aryl methyl sites for hydroxylation is 1. The van der Waals surface area contributed by atoms with Gasteiger partial charge in [-0.05, 0) is 24.6 Å². The van der Waals surface area contributed by atoms with E-state index in [0.717, 1.165) is 45.0 Å². The minimum atomic E-state index is 0. The average Bonchev–Trinajstić information content (AvgIpc) is 3.01. The molecule has 1 saturated heterocycles. The van der Waals surface area contributed by atoms with Gasteiger partial charge in [-0.1, -0.05) is 30.3 Å². The highest BCUT2D eigenvalue weighted by Gasteiger charge is 2.18. The van der Waals surface area contributed by atoms with E-state index in [2.05, 4.69) is 40.1 Å². The summed E-state index contributed by atoms with van der Waals surface area (Å²) in [5, 5.41) is 0. The number of carbonyl (C=O) groups is 1. The normalized spacial score (nSPS) is 15.9. The Morgan fingerprint density at radius 2 is 1.67 bits per heavy atom. The zero-order valence-corrected chi connectivity index (χ0v) is 14.9. The highest BCUT2D eigenvalue weighted by molar-refractivity contribution is 5.93. The van der Waals surface area contributed by atoms with Gasteiger partial charge in [-0.2, -0.15) is 0 Å². The van der Waals surface area contributed by atoms with Crippen LogP contribution >= 0.6 is 12.4 Å². The van der Waals surface area contributed by atoms with Gasteiger partial charge in [0, 0.05) is 45.7 Å². The fourth-order valence-electron chi connectivity index (χ4n) is 2.98. The SMILES string of the molecule is Cc1ccc(C(=O)CCN2CCN(Cc3ccccc3)CC2)o1.Cl. The molecule has 0 bridgehead atoms. The minimum Gasteiger partial charge on any atom is -0.458 e. The molecule has 1 aromatic heterocycles. The molecule has 1 aliphatic rings. The second-order valence-electron chi connectivity index (χ2n) is 6.19. The maximum absolute atomic E-state index is 12.1. The lowest BCUT2D eigenvalue weighted by Crippen LogP contribution is -2.46. The molecular formula is C19H25ClN2O2. The third-order valence-corrected chi connectivity index (χ3v) is 4.38. The van der Waals surface area contributed by atoms with Gasteiger partial charge in [-0.15, -0.1) is 12.4 Å². The van der Waals surface area contributed by atoms with Crippen LogP contribution in [-0.2, 0) is 6.54 Å². The number of carbonyl (C=O) groups excluding carboxylic acids is 1. The van der Waals surface area contributed by atoms with E-state index in [4.69, 9.17) is 4.42 Å². The Hall–Kier alpha value is -1.62. The highest BCUT2D eigenvalue weighted by atomic mass is 35.5. The van der Waals surface area contributed by atoms with Gasteiger partial charge in [0.2, 0.25) is 0 Å². The number of furan rings is 1. The zero-order chi connectivity index (χ0) is 16.1. The predicted octanol–water partition coefficient (Wildman–Crippen LogP) is 3.40. The number of Topliss-reactive ketones (excluding diaryl/α,β-unsaturated/α-hetero) is 1. The van der Waals surface area contributed by atoms with Gasteiger partial charge in [0.1, 0.15) is 5.76 Å². The largest absolute Gasteiger partial charge is 0.458 e. The molecule has 0 radical (unpaired) electrons. The van der Waals surface area contributed by atoms with Crippen molar-refractivity contribution >= 4 is 18.2 Å². The third kappa shape index (κ3) is 5.20. The molecule has 130 valence electrons. The van der Waals surface area contributed by atoms with Gasteiger partial charge < -0.3 is 9.32 Å². The summed E-state index contributed by atoms with van der Waals surface area (Å²) in [6, 6.07) is 14.2. The van der Waals surface area contributed by atoms with Gasteiger partial charge in [-0.3, -0.25) is 9.69 Å². The summed E-state index contributed by atoms with van der Waals surface area (Å²) in [7, 11) is 0. The number of piperazine rings is 1. The summed E-state index contributed by atoms with van der Waals surface area (Å²) in [4.78, 5) is 16.9. The predicted molar refractivity (Wildman–Crippen MR) is 97.8 cm³/mol. The second kappa shape index (κ2) is 9.02. The average molecular weight is 349 g/mol. The Labute approximate surface area is 149 Å². The molecule has 4 nitrogen and oxygen atoms in total. The van der Waals surface area contributed by atoms with Crippen molar-refractivity contribution in [2.75, 3.05) is 32.7 Å². The van der Waals surface area contributed by atoms with Crippen LogP contribution in [-0.4, -0.2) is 48.3 Å². The number of ketones is 1. The van der Waals surface area contributed by atoms with Crippen LogP contribution in [0.3, 0.4) is 0 Å². The molecule has 2 aromatic rings. The van der Waals surface area contributed by atoms with Crippen LogP contribution in [0.25, 0.3) is 0 Å². The molecule has 1 fully saturated rings. The van der Waals surface area contributed by atoms with Crippen molar-refractivity contribution in [2.45, 2.75) is 19.9 Å². The molecule has 0 saturated carbocycles. The highest BCUT2D eigenvalue weighted by Crippen LogP contribution is 2.11. The van der Waals surface area contributed by atoms with E-state index in [1.54, 1.807) is 6.07 Å². The van der Waals surface area contributed by atoms with Gasteiger partial charge in [0.25, 0.3) is 0 Å². The lowest BCUT2D eigenvalue weighted by Gasteiger charge is -2.34. The van der Waals surface area contributed by atoms with Crippen LogP contribution < -0.4 is 0 Å². The Kier molecular flexibility index (Phi) is 7.03. The van der Waals surface area contributed by atoms with Crippen molar-refractivity contribution in [1.82, 2.24) is 9.80 Å². The first-order valence-corrected chi connectivity index (χ1v) is 8.29. The second-order valence-corrected chi connectivity index (χ2v) is 6.19. The first-order chi connectivity index (χ1) is 11.2. The topological polar surface area (TPSA) is 36.7 Å². The van der Waals surface area contributed by atoms with Gasteiger partial charge in [0.15, 0.2) is 11.5 Å². The third-order valence-electron chi connectivity index (χ3n) is 4.38. The molecule has 3 rings (SSSR count). The minimum absolute atomic E-state index is 0. The molecule has 24 heavy (non-hydrogen) atoms. The molecule has 2 heterocycles. The van der Waals surface area contributed by atoms with Gasteiger partial charge >= 0.3 is 0 Å². The Morgan fingerprint density at radius 1 is 1.00 bits per heavy atom. The lowest BCUT2D eigenvalue weighted by atomic mass is 10.2.